The highest BCUT2D eigenvalue weighted by atomic mass is 32.2. The molecule has 0 aliphatic carbocycles. The maximum Gasteiger partial charge on any atom is 0.257 e. The maximum atomic E-state index is 11.7. The lowest BCUT2D eigenvalue weighted by molar-refractivity contribution is 0.577. The van der Waals surface area contributed by atoms with Crippen molar-refractivity contribution in [1.82, 2.24) is 14.7 Å². The molecular weight excluding hydrogens is 246 g/mol. The van der Waals surface area contributed by atoms with Gasteiger partial charge < -0.3 is 4.98 Å². The molecule has 1 aromatic rings. The molecule has 92 valence electrons. The Hall–Kier alpha value is -0.530. The van der Waals surface area contributed by atoms with E-state index in [9.17, 15) is 8.42 Å². The van der Waals surface area contributed by atoms with Crippen LogP contribution in [0.5, 0.6) is 0 Å². The second-order valence-electron chi connectivity index (χ2n) is 3.29. The van der Waals surface area contributed by atoms with E-state index < -0.39 is 10.0 Å². The van der Waals surface area contributed by atoms with Crippen molar-refractivity contribution >= 4 is 21.8 Å². The molecule has 0 aliphatic heterocycles. The van der Waals surface area contributed by atoms with E-state index in [4.69, 9.17) is 0 Å². The minimum Gasteiger partial charge on any atom is -0.332 e. The molecule has 0 aromatic carbocycles. The van der Waals surface area contributed by atoms with Gasteiger partial charge in [0.15, 0.2) is 5.03 Å². The molecule has 0 fully saturated rings. The second kappa shape index (κ2) is 6.27. The Bertz CT molecular complexity index is 414. The maximum absolute atomic E-state index is 11.7. The summed E-state index contributed by atoms with van der Waals surface area (Å²) in [4.78, 5) is 6.74. The van der Waals surface area contributed by atoms with Gasteiger partial charge in [0, 0.05) is 13.0 Å². The number of sulfonamides is 1. The fourth-order valence-electron chi connectivity index (χ4n) is 1.16. The van der Waals surface area contributed by atoms with Crippen molar-refractivity contribution in [2.24, 2.45) is 0 Å². The predicted molar refractivity (Wildman–Crippen MR) is 66.2 cm³/mol. The van der Waals surface area contributed by atoms with Gasteiger partial charge in [-0.15, -0.1) is 0 Å². The molecule has 7 heteroatoms. The number of H-pyrrole nitrogens is 1. The fourth-order valence-corrected chi connectivity index (χ4v) is 2.61. The molecular formula is C9H17N3O2S2. The summed E-state index contributed by atoms with van der Waals surface area (Å²) in [5.74, 6) is 1.63. The molecule has 1 rings (SSSR count). The van der Waals surface area contributed by atoms with Crippen LogP contribution in [0.25, 0.3) is 0 Å². The Morgan fingerprint density at radius 2 is 2.31 bits per heavy atom. The average molecular weight is 263 g/mol. The summed E-state index contributed by atoms with van der Waals surface area (Å²) in [5, 5.41) is 0.147. The zero-order chi connectivity index (χ0) is 12.0. The molecule has 0 unspecified atom stereocenters. The number of aromatic amines is 1. The van der Waals surface area contributed by atoms with Crippen molar-refractivity contribution in [2.75, 3.05) is 18.6 Å². The van der Waals surface area contributed by atoms with Crippen molar-refractivity contribution in [3.63, 3.8) is 0 Å². The zero-order valence-corrected chi connectivity index (χ0v) is 11.1. The minimum atomic E-state index is -3.41. The van der Waals surface area contributed by atoms with Gasteiger partial charge in [-0.05, 0) is 18.4 Å². The lowest BCUT2D eigenvalue weighted by atomic mass is 10.5. The average Bonchev–Trinajstić information content (AvgIpc) is 2.73. The number of aromatic nitrogens is 2. The lowest BCUT2D eigenvalue weighted by Crippen LogP contribution is -2.25. The van der Waals surface area contributed by atoms with Crippen LogP contribution >= 0.6 is 11.8 Å². The smallest absolute Gasteiger partial charge is 0.257 e. The fraction of sp³-hybridized carbons (Fsp3) is 0.667. The van der Waals surface area contributed by atoms with Crippen LogP contribution in [0.3, 0.4) is 0 Å². The number of nitrogens with one attached hydrogen (secondary N) is 2. The quantitative estimate of drug-likeness (QED) is 0.720. The van der Waals surface area contributed by atoms with Gasteiger partial charge in [-0.25, -0.2) is 18.1 Å². The number of hydrogen-bond acceptors (Lipinski definition) is 4. The molecule has 0 radical (unpaired) electrons. The summed E-state index contributed by atoms with van der Waals surface area (Å²) in [6, 6.07) is 0. The first kappa shape index (κ1) is 13.5. The standard InChI is InChI=1S/C9H17N3O2S2/c1-3-8-10-7-9(12-8)16(13,14)11-5-4-6-15-2/h7,11H,3-6H2,1-2H3,(H,10,12). The van der Waals surface area contributed by atoms with Gasteiger partial charge in [0.1, 0.15) is 5.82 Å². The third-order valence-corrected chi connectivity index (χ3v) is 4.11. The van der Waals surface area contributed by atoms with Gasteiger partial charge in [0.25, 0.3) is 10.0 Å². The van der Waals surface area contributed by atoms with E-state index >= 15 is 0 Å². The molecule has 0 saturated carbocycles. The van der Waals surface area contributed by atoms with Crippen LogP contribution in [0.1, 0.15) is 19.2 Å². The predicted octanol–water partition coefficient (Wildman–Crippen LogP) is 1.00. The number of thioether (sulfide) groups is 1. The number of rotatable bonds is 7. The SMILES string of the molecule is CCc1ncc(S(=O)(=O)NCCCSC)[nH]1. The van der Waals surface area contributed by atoms with Gasteiger partial charge in [0.05, 0.1) is 6.20 Å². The summed E-state index contributed by atoms with van der Waals surface area (Å²) in [7, 11) is -3.41. The van der Waals surface area contributed by atoms with E-state index in [2.05, 4.69) is 14.7 Å². The van der Waals surface area contributed by atoms with Gasteiger partial charge >= 0.3 is 0 Å². The van der Waals surface area contributed by atoms with Crippen LogP contribution in [0.2, 0.25) is 0 Å². The molecule has 0 aliphatic rings. The van der Waals surface area contributed by atoms with Crippen LogP contribution in [0.15, 0.2) is 11.2 Å². The largest absolute Gasteiger partial charge is 0.332 e. The van der Waals surface area contributed by atoms with Crippen molar-refractivity contribution < 1.29 is 8.42 Å². The van der Waals surface area contributed by atoms with E-state index in [1.165, 1.54) is 6.20 Å². The Morgan fingerprint density at radius 1 is 1.56 bits per heavy atom. The first-order valence-corrected chi connectivity index (χ1v) is 8.00. The highest BCUT2D eigenvalue weighted by Crippen LogP contribution is 2.05. The van der Waals surface area contributed by atoms with Crippen LogP contribution in [0, 0.1) is 0 Å². The Morgan fingerprint density at radius 3 is 2.88 bits per heavy atom. The highest BCUT2D eigenvalue weighted by Gasteiger charge is 2.15. The molecule has 1 aromatic heterocycles. The topological polar surface area (TPSA) is 74.8 Å². The normalized spacial score (nSPS) is 11.9. The van der Waals surface area contributed by atoms with E-state index in [0.29, 0.717) is 18.8 Å². The number of nitrogens with zero attached hydrogens (tertiary/aromatic N) is 1. The molecule has 0 amide bonds. The number of hydrogen-bond donors (Lipinski definition) is 2. The molecule has 1 heterocycles. The van der Waals surface area contributed by atoms with Crippen LogP contribution in [-0.2, 0) is 16.4 Å². The summed E-state index contributed by atoms with van der Waals surface area (Å²) < 4.78 is 26.0. The highest BCUT2D eigenvalue weighted by molar-refractivity contribution is 7.98. The summed E-state index contributed by atoms with van der Waals surface area (Å²) in [6.45, 7) is 2.38. The van der Waals surface area contributed by atoms with E-state index in [1.54, 1.807) is 11.8 Å². The van der Waals surface area contributed by atoms with Gasteiger partial charge in [-0.1, -0.05) is 6.92 Å². The van der Waals surface area contributed by atoms with Crippen molar-refractivity contribution in [2.45, 2.75) is 24.8 Å². The van der Waals surface area contributed by atoms with Crippen molar-refractivity contribution in [1.29, 1.82) is 0 Å². The summed E-state index contributed by atoms with van der Waals surface area (Å²) in [6.07, 6.45) is 4.88. The molecule has 0 spiro atoms. The van der Waals surface area contributed by atoms with Crippen LogP contribution in [0.4, 0.5) is 0 Å². The Balaban J connectivity index is 2.56. The van der Waals surface area contributed by atoms with Gasteiger partial charge in [-0.3, -0.25) is 0 Å². The lowest BCUT2D eigenvalue weighted by Gasteiger charge is -2.03. The molecule has 0 saturated heterocycles. The molecule has 0 bridgehead atoms. The number of aryl methyl sites for hydroxylation is 1. The Kier molecular flexibility index (Phi) is 5.30. The van der Waals surface area contributed by atoms with Crippen molar-refractivity contribution in [3.8, 4) is 0 Å². The molecule has 16 heavy (non-hydrogen) atoms. The van der Waals surface area contributed by atoms with E-state index in [0.717, 1.165) is 12.2 Å². The van der Waals surface area contributed by atoms with Crippen LogP contribution < -0.4 is 4.72 Å². The molecule has 5 nitrogen and oxygen atoms in total. The van der Waals surface area contributed by atoms with E-state index in [1.807, 2.05) is 13.2 Å². The van der Waals surface area contributed by atoms with Gasteiger partial charge in [-0.2, -0.15) is 11.8 Å². The van der Waals surface area contributed by atoms with E-state index in [-0.39, 0.29) is 5.03 Å². The summed E-state index contributed by atoms with van der Waals surface area (Å²) >= 11 is 1.70. The minimum absolute atomic E-state index is 0.147. The Labute approximate surface area is 100 Å². The molecule has 0 atom stereocenters. The molecule has 2 N–H and O–H groups in total. The third-order valence-electron chi connectivity index (χ3n) is 2.05. The third kappa shape index (κ3) is 3.80. The zero-order valence-electron chi connectivity index (χ0n) is 9.49. The van der Waals surface area contributed by atoms with Crippen molar-refractivity contribution in [3.05, 3.63) is 12.0 Å². The second-order valence-corrected chi connectivity index (χ2v) is 6.01. The van der Waals surface area contributed by atoms with Gasteiger partial charge in [0.2, 0.25) is 0 Å². The summed E-state index contributed by atoms with van der Waals surface area (Å²) in [5.41, 5.74) is 0. The van der Waals surface area contributed by atoms with Crippen LogP contribution in [-0.4, -0.2) is 36.9 Å². The first-order chi connectivity index (χ1) is 7.60. The first-order valence-electron chi connectivity index (χ1n) is 5.12. The number of imidazole rings is 1. The monoisotopic (exact) mass is 263 g/mol.